The SMILES string of the molecule is CC(CO)Sc1ccc(Br)cc1N. The van der Waals surface area contributed by atoms with Crippen LogP contribution in [0.4, 0.5) is 5.69 Å². The average Bonchev–Trinajstić information content (AvgIpc) is 2.09. The van der Waals surface area contributed by atoms with Crippen LogP contribution in [-0.2, 0) is 0 Å². The molecule has 0 amide bonds. The molecule has 0 radical (unpaired) electrons. The molecular formula is C9H12BrNOS. The molecule has 0 saturated carbocycles. The van der Waals surface area contributed by atoms with Gasteiger partial charge in [-0.15, -0.1) is 11.8 Å². The number of aliphatic hydroxyl groups excluding tert-OH is 1. The molecule has 1 aromatic carbocycles. The Balaban J connectivity index is 2.77. The van der Waals surface area contributed by atoms with Crippen LogP contribution in [0.2, 0.25) is 0 Å². The molecule has 0 spiro atoms. The van der Waals surface area contributed by atoms with E-state index in [4.69, 9.17) is 10.8 Å². The summed E-state index contributed by atoms with van der Waals surface area (Å²) in [5, 5.41) is 9.05. The quantitative estimate of drug-likeness (QED) is 0.650. The number of hydrogen-bond donors (Lipinski definition) is 2. The number of nitrogens with two attached hydrogens (primary N) is 1. The minimum absolute atomic E-state index is 0.167. The topological polar surface area (TPSA) is 46.2 Å². The number of nitrogen functional groups attached to an aromatic ring is 1. The summed E-state index contributed by atoms with van der Waals surface area (Å²) < 4.78 is 0.978. The van der Waals surface area contributed by atoms with Gasteiger partial charge in [0.05, 0.1) is 6.61 Å². The monoisotopic (exact) mass is 261 g/mol. The van der Waals surface area contributed by atoms with Gasteiger partial charge < -0.3 is 10.8 Å². The second-order valence-corrected chi connectivity index (χ2v) is 5.19. The fourth-order valence-corrected chi connectivity index (χ4v) is 2.11. The first-order valence-electron chi connectivity index (χ1n) is 3.96. The molecule has 4 heteroatoms. The first-order valence-corrected chi connectivity index (χ1v) is 5.63. The van der Waals surface area contributed by atoms with Crippen molar-refractivity contribution in [2.75, 3.05) is 12.3 Å². The maximum atomic E-state index is 8.87. The van der Waals surface area contributed by atoms with Crippen LogP contribution in [0.25, 0.3) is 0 Å². The van der Waals surface area contributed by atoms with E-state index in [1.54, 1.807) is 11.8 Å². The molecular weight excluding hydrogens is 250 g/mol. The Morgan fingerprint density at radius 2 is 2.31 bits per heavy atom. The second kappa shape index (κ2) is 4.88. The maximum Gasteiger partial charge on any atom is 0.0550 e. The first-order chi connectivity index (χ1) is 6.13. The molecule has 0 saturated heterocycles. The molecule has 1 rings (SSSR count). The van der Waals surface area contributed by atoms with Crippen molar-refractivity contribution < 1.29 is 5.11 Å². The minimum atomic E-state index is 0.167. The highest BCUT2D eigenvalue weighted by atomic mass is 79.9. The van der Waals surface area contributed by atoms with E-state index in [1.165, 1.54) is 0 Å². The summed E-state index contributed by atoms with van der Waals surface area (Å²) in [5.41, 5.74) is 6.54. The number of rotatable bonds is 3. The van der Waals surface area contributed by atoms with Gasteiger partial charge in [-0.2, -0.15) is 0 Å². The lowest BCUT2D eigenvalue weighted by Gasteiger charge is -2.09. The number of thioether (sulfide) groups is 1. The van der Waals surface area contributed by atoms with Crippen molar-refractivity contribution in [1.82, 2.24) is 0 Å². The van der Waals surface area contributed by atoms with Crippen LogP contribution >= 0.6 is 27.7 Å². The van der Waals surface area contributed by atoms with Crippen LogP contribution in [-0.4, -0.2) is 17.0 Å². The van der Waals surface area contributed by atoms with Gasteiger partial charge in [-0.1, -0.05) is 22.9 Å². The summed E-state index contributed by atoms with van der Waals surface area (Å²) in [4.78, 5) is 1.02. The van der Waals surface area contributed by atoms with Gasteiger partial charge in [-0.05, 0) is 18.2 Å². The van der Waals surface area contributed by atoms with Crippen LogP contribution in [0.15, 0.2) is 27.6 Å². The molecule has 1 aromatic rings. The molecule has 0 aromatic heterocycles. The highest BCUT2D eigenvalue weighted by Gasteiger charge is 2.05. The molecule has 1 unspecified atom stereocenters. The van der Waals surface area contributed by atoms with Crippen molar-refractivity contribution in [1.29, 1.82) is 0 Å². The summed E-state index contributed by atoms with van der Waals surface area (Å²) in [6.07, 6.45) is 0. The predicted molar refractivity (Wildman–Crippen MR) is 61.0 cm³/mol. The van der Waals surface area contributed by atoms with Crippen LogP contribution in [0.3, 0.4) is 0 Å². The first kappa shape index (κ1) is 10.9. The number of hydrogen-bond acceptors (Lipinski definition) is 3. The molecule has 3 N–H and O–H groups in total. The average molecular weight is 262 g/mol. The van der Waals surface area contributed by atoms with Crippen LogP contribution in [0.5, 0.6) is 0 Å². The third kappa shape index (κ3) is 3.21. The van der Waals surface area contributed by atoms with E-state index in [0.29, 0.717) is 0 Å². The normalized spacial score (nSPS) is 12.8. The van der Waals surface area contributed by atoms with Gasteiger partial charge in [0.2, 0.25) is 0 Å². The third-order valence-electron chi connectivity index (χ3n) is 1.56. The van der Waals surface area contributed by atoms with Crippen molar-refractivity contribution in [3.8, 4) is 0 Å². The van der Waals surface area contributed by atoms with Crippen molar-refractivity contribution in [3.63, 3.8) is 0 Å². The smallest absolute Gasteiger partial charge is 0.0550 e. The third-order valence-corrected chi connectivity index (χ3v) is 3.23. The van der Waals surface area contributed by atoms with E-state index >= 15 is 0 Å². The van der Waals surface area contributed by atoms with Crippen LogP contribution in [0.1, 0.15) is 6.92 Å². The predicted octanol–water partition coefficient (Wildman–Crippen LogP) is 2.50. The summed E-state index contributed by atoms with van der Waals surface area (Å²) in [5.74, 6) is 0. The Bertz CT molecular complexity index is 293. The molecule has 0 aliphatic heterocycles. The molecule has 72 valence electrons. The lowest BCUT2D eigenvalue weighted by Crippen LogP contribution is -2.02. The molecule has 0 aliphatic rings. The van der Waals surface area contributed by atoms with E-state index in [0.717, 1.165) is 15.1 Å². The number of aliphatic hydroxyl groups is 1. The molecule has 2 nitrogen and oxygen atoms in total. The van der Waals surface area contributed by atoms with Gasteiger partial charge in [0.15, 0.2) is 0 Å². The van der Waals surface area contributed by atoms with Gasteiger partial charge in [0.1, 0.15) is 0 Å². The second-order valence-electron chi connectivity index (χ2n) is 2.79. The van der Waals surface area contributed by atoms with E-state index in [1.807, 2.05) is 25.1 Å². The number of halogens is 1. The van der Waals surface area contributed by atoms with Crippen molar-refractivity contribution in [3.05, 3.63) is 22.7 Å². The Hall–Kier alpha value is -0.190. The van der Waals surface area contributed by atoms with Crippen molar-refractivity contribution >= 4 is 33.4 Å². The van der Waals surface area contributed by atoms with E-state index in [9.17, 15) is 0 Å². The molecule has 0 bridgehead atoms. The number of anilines is 1. The highest BCUT2D eigenvalue weighted by molar-refractivity contribution is 9.10. The highest BCUT2D eigenvalue weighted by Crippen LogP contribution is 2.30. The Kier molecular flexibility index (Phi) is 4.09. The lowest BCUT2D eigenvalue weighted by molar-refractivity contribution is 0.300. The Morgan fingerprint density at radius 1 is 1.62 bits per heavy atom. The van der Waals surface area contributed by atoms with Gasteiger partial charge in [0, 0.05) is 20.3 Å². The van der Waals surface area contributed by atoms with Gasteiger partial charge >= 0.3 is 0 Å². The zero-order chi connectivity index (χ0) is 9.84. The van der Waals surface area contributed by atoms with Gasteiger partial charge in [-0.3, -0.25) is 0 Å². The molecule has 0 heterocycles. The molecule has 13 heavy (non-hydrogen) atoms. The minimum Gasteiger partial charge on any atom is -0.398 e. The number of benzene rings is 1. The standard InChI is InChI=1S/C9H12BrNOS/c1-6(5-12)13-9-3-2-7(10)4-8(9)11/h2-4,6,12H,5,11H2,1H3. The summed E-state index contributed by atoms with van der Waals surface area (Å²) in [7, 11) is 0. The zero-order valence-corrected chi connectivity index (χ0v) is 9.73. The molecule has 0 fully saturated rings. The Labute approximate surface area is 90.7 Å². The summed E-state index contributed by atoms with van der Waals surface area (Å²) in [6.45, 7) is 2.13. The largest absolute Gasteiger partial charge is 0.398 e. The van der Waals surface area contributed by atoms with Crippen molar-refractivity contribution in [2.24, 2.45) is 0 Å². The zero-order valence-electron chi connectivity index (χ0n) is 7.33. The van der Waals surface area contributed by atoms with E-state index in [2.05, 4.69) is 15.9 Å². The fourth-order valence-electron chi connectivity index (χ4n) is 0.881. The van der Waals surface area contributed by atoms with Crippen molar-refractivity contribution in [2.45, 2.75) is 17.1 Å². The molecule has 1 atom stereocenters. The lowest BCUT2D eigenvalue weighted by atomic mass is 10.3. The van der Waals surface area contributed by atoms with Crippen LogP contribution < -0.4 is 5.73 Å². The van der Waals surface area contributed by atoms with Gasteiger partial charge in [-0.25, -0.2) is 0 Å². The fraction of sp³-hybridized carbons (Fsp3) is 0.333. The maximum absolute atomic E-state index is 8.87. The summed E-state index contributed by atoms with van der Waals surface area (Å²) >= 11 is 4.92. The van der Waals surface area contributed by atoms with Crippen LogP contribution in [0, 0.1) is 0 Å². The van der Waals surface area contributed by atoms with Gasteiger partial charge in [0.25, 0.3) is 0 Å². The molecule has 0 aliphatic carbocycles. The van der Waals surface area contributed by atoms with E-state index in [-0.39, 0.29) is 11.9 Å². The Morgan fingerprint density at radius 3 is 2.85 bits per heavy atom. The summed E-state index contributed by atoms with van der Waals surface area (Å²) in [6, 6.07) is 5.77. The van der Waals surface area contributed by atoms with E-state index < -0.39 is 0 Å².